The lowest BCUT2D eigenvalue weighted by Crippen LogP contribution is -2.26. The number of aryl methyl sites for hydroxylation is 2. The summed E-state index contributed by atoms with van der Waals surface area (Å²) in [6.45, 7) is 3.39. The molecule has 1 atom stereocenters. The third-order valence-electron chi connectivity index (χ3n) is 4.62. The van der Waals surface area contributed by atoms with Crippen molar-refractivity contribution in [1.82, 2.24) is 9.88 Å². The molecule has 1 aliphatic heterocycles. The van der Waals surface area contributed by atoms with Crippen LogP contribution in [-0.2, 0) is 27.3 Å². The van der Waals surface area contributed by atoms with Gasteiger partial charge in [-0.3, -0.25) is 14.6 Å². The number of likely N-dealkylation sites (tertiary alicyclic amines) is 1. The molecule has 0 spiro atoms. The van der Waals surface area contributed by atoms with Crippen LogP contribution in [0.5, 0.6) is 0 Å². The first kappa shape index (κ1) is 18.1. The molecule has 1 fully saturated rings. The number of carbonyl (C=O) groups excluding carboxylic acids is 2. The molecule has 0 N–H and O–H groups in total. The van der Waals surface area contributed by atoms with Gasteiger partial charge in [-0.05, 0) is 37.0 Å². The zero-order valence-electron chi connectivity index (χ0n) is 15.1. The highest BCUT2D eigenvalue weighted by Crippen LogP contribution is 2.21. The van der Waals surface area contributed by atoms with Crippen LogP contribution in [0.1, 0.15) is 29.5 Å². The Labute approximate surface area is 154 Å². The summed E-state index contributed by atoms with van der Waals surface area (Å²) in [5.41, 5.74) is 3.40. The maximum Gasteiger partial charge on any atom is 0.311 e. The molecule has 0 bridgehead atoms. The minimum absolute atomic E-state index is 0.0166. The summed E-state index contributed by atoms with van der Waals surface area (Å²) in [7, 11) is 0. The number of benzene rings is 1. The van der Waals surface area contributed by atoms with E-state index in [0.29, 0.717) is 19.7 Å². The number of amides is 1. The van der Waals surface area contributed by atoms with Gasteiger partial charge in [-0.25, -0.2) is 0 Å². The van der Waals surface area contributed by atoms with E-state index in [-0.39, 0.29) is 24.2 Å². The van der Waals surface area contributed by atoms with E-state index in [1.165, 1.54) is 5.56 Å². The van der Waals surface area contributed by atoms with Gasteiger partial charge >= 0.3 is 5.97 Å². The Balaban J connectivity index is 1.42. The van der Waals surface area contributed by atoms with Crippen molar-refractivity contribution in [2.75, 3.05) is 13.2 Å². The van der Waals surface area contributed by atoms with Gasteiger partial charge in [0.05, 0.1) is 12.5 Å². The molecule has 2 heterocycles. The maximum atomic E-state index is 12.2. The fourth-order valence-corrected chi connectivity index (χ4v) is 3.11. The lowest BCUT2D eigenvalue weighted by molar-refractivity contribution is -0.148. The highest BCUT2D eigenvalue weighted by atomic mass is 16.5. The lowest BCUT2D eigenvalue weighted by atomic mass is 10.1. The molecule has 136 valence electrons. The van der Waals surface area contributed by atoms with Gasteiger partial charge < -0.3 is 9.64 Å². The van der Waals surface area contributed by atoms with Crippen molar-refractivity contribution in [3.8, 4) is 0 Å². The summed E-state index contributed by atoms with van der Waals surface area (Å²) in [6.07, 6.45) is 5.38. The van der Waals surface area contributed by atoms with E-state index in [1.807, 2.05) is 49.5 Å². The molecule has 1 aromatic carbocycles. The van der Waals surface area contributed by atoms with Crippen molar-refractivity contribution in [3.05, 3.63) is 65.5 Å². The van der Waals surface area contributed by atoms with Crippen molar-refractivity contribution in [2.24, 2.45) is 5.92 Å². The molecule has 2 aromatic rings. The minimum Gasteiger partial charge on any atom is -0.465 e. The van der Waals surface area contributed by atoms with Gasteiger partial charge in [0.25, 0.3) is 0 Å². The SMILES string of the molecule is Cc1ccc(CN2CC(C(=O)OCCCc3cccnc3)CC2=O)cc1. The standard InChI is InChI=1S/C21H24N2O3/c1-16-6-8-18(9-7-16)14-23-15-19(12-20(23)24)21(25)26-11-3-5-17-4-2-10-22-13-17/h2,4,6-10,13,19H,3,5,11-12,14-15H2,1H3. The van der Waals surface area contributed by atoms with Gasteiger partial charge in [0.15, 0.2) is 0 Å². The van der Waals surface area contributed by atoms with Crippen LogP contribution < -0.4 is 0 Å². The number of esters is 1. The second kappa shape index (κ2) is 8.61. The lowest BCUT2D eigenvalue weighted by Gasteiger charge is -2.16. The number of aromatic nitrogens is 1. The van der Waals surface area contributed by atoms with E-state index >= 15 is 0 Å². The van der Waals surface area contributed by atoms with Crippen molar-refractivity contribution in [3.63, 3.8) is 0 Å². The Kier molecular flexibility index (Phi) is 6.00. The van der Waals surface area contributed by atoms with Crippen molar-refractivity contribution in [1.29, 1.82) is 0 Å². The fraction of sp³-hybridized carbons (Fsp3) is 0.381. The van der Waals surface area contributed by atoms with Gasteiger partial charge in [-0.1, -0.05) is 35.9 Å². The summed E-state index contributed by atoms with van der Waals surface area (Å²) < 4.78 is 5.37. The quantitative estimate of drug-likeness (QED) is 0.568. The van der Waals surface area contributed by atoms with Crippen LogP contribution in [0.25, 0.3) is 0 Å². The second-order valence-electron chi connectivity index (χ2n) is 6.79. The Morgan fingerprint density at radius 1 is 1.23 bits per heavy atom. The normalized spacial score (nSPS) is 16.7. The molecule has 0 aliphatic carbocycles. The van der Waals surface area contributed by atoms with Crippen LogP contribution in [0.2, 0.25) is 0 Å². The third kappa shape index (κ3) is 4.91. The summed E-state index contributed by atoms with van der Waals surface area (Å²) in [5.74, 6) is -0.606. The Bertz CT molecular complexity index is 744. The van der Waals surface area contributed by atoms with E-state index in [1.54, 1.807) is 11.1 Å². The zero-order valence-corrected chi connectivity index (χ0v) is 15.1. The molecule has 1 amide bonds. The molecular weight excluding hydrogens is 328 g/mol. The van der Waals surface area contributed by atoms with Crippen molar-refractivity contribution < 1.29 is 14.3 Å². The first-order valence-corrected chi connectivity index (χ1v) is 9.00. The molecule has 0 saturated carbocycles. The Morgan fingerprint density at radius 3 is 2.77 bits per heavy atom. The maximum absolute atomic E-state index is 12.2. The van der Waals surface area contributed by atoms with Crippen LogP contribution in [0.4, 0.5) is 0 Å². The zero-order chi connectivity index (χ0) is 18.4. The van der Waals surface area contributed by atoms with Gasteiger partial charge in [-0.15, -0.1) is 0 Å². The predicted octanol–water partition coefficient (Wildman–Crippen LogP) is 2.91. The summed E-state index contributed by atoms with van der Waals surface area (Å²) in [6, 6.07) is 12.0. The van der Waals surface area contributed by atoms with E-state index in [4.69, 9.17) is 4.74 Å². The molecule has 1 unspecified atom stereocenters. The highest BCUT2D eigenvalue weighted by molar-refractivity contribution is 5.86. The minimum atomic E-state index is -0.355. The van der Waals surface area contributed by atoms with Crippen molar-refractivity contribution >= 4 is 11.9 Å². The Morgan fingerprint density at radius 2 is 2.04 bits per heavy atom. The monoisotopic (exact) mass is 352 g/mol. The molecule has 3 rings (SSSR count). The van der Waals surface area contributed by atoms with Crippen LogP contribution in [0.15, 0.2) is 48.8 Å². The first-order valence-electron chi connectivity index (χ1n) is 9.00. The summed E-state index contributed by atoms with van der Waals surface area (Å²) >= 11 is 0. The fourth-order valence-electron chi connectivity index (χ4n) is 3.11. The van der Waals surface area contributed by atoms with Gasteiger partial charge in [0, 0.05) is 31.9 Å². The van der Waals surface area contributed by atoms with Crippen molar-refractivity contribution in [2.45, 2.75) is 32.7 Å². The molecule has 1 aromatic heterocycles. The first-order chi connectivity index (χ1) is 12.6. The smallest absolute Gasteiger partial charge is 0.311 e. The number of ether oxygens (including phenoxy) is 1. The number of pyridine rings is 1. The number of carbonyl (C=O) groups is 2. The predicted molar refractivity (Wildman–Crippen MR) is 98.2 cm³/mol. The second-order valence-corrected chi connectivity index (χ2v) is 6.79. The molecule has 0 radical (unpaired) electrons. The highest BCUT2D eigenvalue weighted by Gasteiger charge is 2.35. The van der Waals surface area contributed by atoms with E-state index in [2.05, 4.69) is 4.98 Å². The molecule has 1 saturated heterocycles. The van der Waals surface area contributed by atoms with Crippen LogP contribution in [0.3, 0.4) is 0 Å². The van der Waals surface area contributed by atoms with E-state index < -0.39 is 0 Å². The van der Waals surface area contributed by atoms with Crippen LogP contribution in [0, 0.1) is 12.8 Å². The van der Waals surface area contributed by atoms with Crippen LogP contribution in [-0.4, -0.2) is 34.9 Å². The summed E-state index contributed by atoms with van der Waals surface area (Å²) in [5, 5.41) is 0. The summed E-state index contributed by atoms with van der Waals surface area (Å²) in [4.78, 5) is 30.2. The number of hydrogen-bond donors (Lipinski definition) is 0. The van der Waals surface area contributed by atoms with Gasteiger partial charge in [0.1, 0.15) is 0 Å². The number of rotatable bonds is 7. The topological polar surface area (TPSA) is 59.5 Å². The van der Waals surface area contributed by atoms with Gasteiger partial charge in [0.2, 0.25) is 5.91 Å². The van der Waals surface area contributed by atoms with E-state index in [9.17, 15) is 9.59 Å². The molecule has 5 nitrogen and oxygen atoms in total. The van der Waals surface area contributed by atoms with E-state index in [0.717, 1.165) is 24.0 Å². The third-order valence-corrected chi connectivity index (χ3v) is 4.62. The molecule has 5 heteroatoms. The largest absolute Gasteiger partial charge is 0.465 e. The number of nitrogens with zero attached hydrogens (tertiary/aromatic N) is 2. The average molecular weight is 352 g/mol. The number of hydrogen-bond acceptors (Lipinski definition) is 4. The van der Waals surface area contributed by atoms with Gasteiger partial charge in [-0.2, -0.15) is 0 Å². The molecule has 26 heavy (non-hydrogen) atoms. The Hall–Kier alpha value is -2.69. The average Bonchev–Trinajstić information content (AvgIpc) is 3.02. The van der Waals surface area contributed by atoms with Crippen LogP contribution >= 0.6 is 0 Å². The molecule has 1 aliphatic rings. The molecular formula is C21H24N2O3.